The minimum Gasteiger partial charge on any atom is -0.480 e. The molecule has 3 N–H and O–H groups in total. The van der Waals surface area contributed by atoms with Crippen LogP contribution in [-0.2, 0) is 23.9 Å². The van der Waals surface area contributed by atoms with Crippen LogP contribution in [-0.4, -0.2) is 46.9 Å². The molecule has 0 radical (unpaired) electrons. The standard InChI is InChI=1S/C29H45NO9/c1-8-11-13-23(31)37-21-16-15-20(17-22(21)38-24(32)14-12-9-2)25(26(30)27(33)34)18(4)19(5)36-28(35)39-29(6,7)10-3/h15-19,25-26H,8-14,30H2,1-7H3,(H,33,34)/t18?,19?,25?,26-/m0/s1. The van der Waals surface area contributed by atoms with E-state index in [1.165, 1.54) is 12.1 Å². The molecule has 0 aliphatic heterocycles. The highest BCUT2D eigenvalue weighted by Gasteiger charge is 2.36. The van der Waals surface area contributed by atoms with E-state index in [2.05, 4.69) is 0 Å². The van der Waals surface area contributed by atoms with Crippen LogP contribution in [0.1, 0.15) is 105 Å². The van der Waals surface area contributed by atoms with Gasteiger partial charge in [-0.25, -0.2) is 4.79 Å². The summed E-state index contributed by atoms with van der Waals surface area (Å²) < 4.78 is 21.8. The zero-order chi connectivity index (χ0) is 29.8. The molecule has 220 valence electrons. The minimum atomic E-state index is -1.38. The number of ether oxygens (including phenoxy) is 4. The third kappa shape index (κ3) is 11.2. The lowest BCUT2D eigenvalue weighted by Gasteiger charge is -2.32. The van der Waals surface area contributed by atoms with Crippen molar-refractivity contribution in [2.45, 2.75) is 117 Å². The van der Waals surface area contributed by atoms with Gasteiger partial charge in [-0.1, -0.05) is 46.6 Å². The fourth-order valence-corrected chi connectivity index (χ4v) is 3.75. The predicted molar refractivity (Wildman–Crippen MR) is 146 cm³/mol. The predicted octanol–water partition coefficient (Wildman–Crippen LogP) is 5.74. The van der Waals surface area contributed by atoms with Crippen LogP contribution >= 0.6 is 0 Å². The Balaban J connectivity index is 3.38. The minimum absolute atomic E-state index is 0.00841. The molecule has 1 rings (SSSR count). The number of hydrogen-bond acceptors (Lipinski definition) is 9. The van der Waals surface area contributed by atoms with Gasteiger partial charge in [0.25, 0.3) is 0 Å². The molecule has 0 saturated heterocycles. The zero-order valence-electron chi connectivity index (χ0n) is 24.3. The summed E-state index contributed by atoms with van der Waals surface area (Å²) in [4.78, 5) is 49.1. The molecule has 1 aromatic rings. The van der Waals surface area contributed by atoms with Crippen LogP contribution in [0, 0.1) is 5.92 Å². The number of carbonyl (C=O) groups is 4. The highest BCUT2D eigenvalue weighted by atomic mass is 16.7. The SMILES string of the molecule is CCCCC(=O)Oc1ccc(C(C(C)C(C)OC(=O)OC(C)(C)CC)[C@H](N)C(=O)O)cc1OC(=O)CCCC. The molecule has 4 atom stereocenters. The Kier molecular flexibility index (Phi) is 14.0. The summed E-state index contributed by atoms with van der Waals surface area (Å²) in [5.41, 5.74) is 5.81. The lowest BCUT2D eigenvalue weighted by atomic mass is 9.79. The van der Waals surface area contributed by atoms with E-state index < -0.39 is 53.6 Å². The second-order valence-corrected chi connectivity index (χ2v) is 10.4. The monoisotopic (exact) mass is 551 g/mol. The van der Waals surface area contributed by atoms with Crippen LogP contribution < -0.4 is 15.2 Å². The lowest BCUT2D eigenvalue weighted by molar-refractivity contribution is -0.140. The van der Waals surface area contributed by atoms with Gasteiger partial charge < -0.3 is 29.8 Å². The van der Waals surface area contributed by atoms with Crippen molar-refractivity contribution in [3.05, 3.63) is 23.8 Å². The van der Waals surface area contributed by atoms with E-state index in [1.807, 2.05) is 20.8 Å². The largest absolute Gasteiger partial charge is 0.509 e. The fourth-order valence-electron chi connectivity index (χ4n) is 3.75. The third-order valence-corrected chi connectivity index (χ3v) is 6.74. The van der Waals surface area contributed by atoms with Crippen LogP contribution in [0.2, 0.25) is 0 Å². The van der Waals surface area contributed by atoms with Crippen molar-refractivity contribution in [3.8, 4) is 11.5 Å². The van der Waals surface area contributed by atoms with Crippen molar-refractivity contribution < 1.29 is 43.2 Å². The smallest absolute Gasteiger partial charge is 0.480 e. The van der Waals surface area contributed by atoms with E-state index in [9.17, 15) is 24.3 Å². The molecule has 3 unspecified atom stereocenters. The molecule has 0 amide bonds. The molecule has 0 bridgehead atoms. The number of unbranched alkanes of at least 4 members (excludes halogenated alkanes) is 2. The first-order chi connectivity index (χ1) is 18.3. The lowest BCUT2D eigenvalue weighted by Crippen LogP contribution is -2.43. The second-order valence-electron chi connectivity index (χ2n) is 10.4. The van der Waals surface area contributed by atoms with Gasteiger partial charge in [-0.05, 0) is 57.7 Å². The Hall–Kier alpha value is -3.14. The molecule has 1 aromatic carbocycles. The Labute approximate surface area is 231 Å². The molecule has 0 saturated carbocycles. The van der Waals surface area contributed by atoms with Gasteiger partial charge in [0.1, 0.15) is 17.7 Å². The maximum atomic E-state index is 12.5. The fraction of sp³-hybridized carbons (Fsp3) is 0.655. The zero-order valence-corrected chi connectivity index (χ0v) is 24.3. The summed E-state index contributed by atoms with van der Waals surface area (Å²) in [5, 5.41) is 9.77. The molecule has 39 heavy (non-hydrogen) atoms. The Morgan fingerprint density at radius 2 is 1.46 bits per heavy atom. The topological polar surface area (TPSA) is 151 Å². The van der Waals surface area contributed by atoms with Gasteiger partial charge >= 0.3 is 24.1 Å². The normalized spacial score (nSPS) is 14.5. The van der Waals surface area contributed by atoms with Gasteiger partial charge in [-0.15, -0.1) is 0 Å². The molecule has 0 fully saturated rings. The average molecular weight is 552 g/mol. The summed E-state index contributed by atoms with van der Waals surface area (Å²) in [6, 6.07) is 3.11. The molecule has 10 heteroatoms. The Morgan fingerprint density at radius 1 is 0.923 bits per heavy atom. The number of esters is 2. The van der Waals surface area contributed by atoms with Crippen LogP contribution in [0.3, 0.4) is 0 Å². The van der Waals surface area contributed by atoms with Crippen molar-refractivity contribution in [2.24, 2.45) is 11.7 Å². The Morgan fingerprint density at radius 3 is 1.95 bits per heavy atom. The van der Waals surface area contributed by atoms with Crippen molar-refractivity contribution in [1.29, 1.82) is 0 Å². The molecule has 0 aliphatic carbocycles. The van der Waals surface area contributed by atoms with E-state index in [4.69, 9.17) is 24.7 Å². The highest BCUT2D eigenvalue weighted by molar-refractivity contribution is 5.77. The van der Waals surface area contributed by atoms with E-state index in [1.54, 1.807) is 33.8 Å². The van der Waals surface area contributed by atoms with Crippen molar-refractivity contribution in [3.63, 3.8) is 0 Å². The van der Waals surface area contributed by atoms with E-state index in [0.717, 1.165) is 12.8 Å². The van der Waals surface area contributed by atoms with Gasteiger partial charge in [-0.3, -0.25) is 14.4 Å². The maximum Gasteiger partial charge on any atom is 0.509 e. The van der Waals surface area contributed by atoms with Crippen LogP contribution in [0.15, 0.2) is 18.2 Å². The molecule has 0 heterocycles. The number of benzene rings is 1. The van der Waals surface area contributed by atoms with Crippen molar-refractivity contribution in [1.82, 2.24) is 0 Å². The van der Waals surface area contributed by atoms with Crippen molar-refractivity contribution >= 4 is 24.1 Å². The van der Waals surface area contributed by atoms with E-state index in [0.29, 0.717) is 24.8 Å². The maximum absolute atomic E-state index is 12.5. The number of nitrogens with two attached hydrogens (primary N) is 1. The number of aliphatic carboxylic acids is 1. The van der Waals surface area contributed by atoms with E-state index >= 15 is 0 Å². The first-order valence-corrected chi connectivity index (χ1v) is 13.7. The first-order valence-electron chi connectivity index (χ1n) is 13.7. The van der Waals surface area contributed by atoms with Gasteiger partial charge in [0, 0.05) is 24.7 Å². The van der Waals surface area contributed by atoms with Gasteiger partial charge in [0.05, 0.1) is 0 Å². The second kappa shape index (κ2) is 16.1. The van der Waals surface area contributed by atoms with Gasteiger partial charge in [0.15, 0.2) is 11.5 Å². The van der Waals surface area contributed by atoms with Gasteiger partial charge in [-0.2, -0.15) is 0 Å². The van der Waals surface area contributed by atoms with Crippen molar-refractivity contribution in [2.75, 3.05) is 0 Å². The third-order valence-electron chi connectivity index (χ3n) is 6.74. The Bertz CT molecular complexity index is 976. The molecule has 10 nitrogen and oxygen atoms in total. The molecule has 0 aromatic heterocycles. The molecular weight excluding hydrogens is 506 g/mol. The molecular formula is C29H45NO9. The summed E-state index contributed by atoms with van der Waals surface area (Å²) in [7, 11) is 0. The van der Waals surface area contributed by atoms with Crippen LogP contribution in [0.25, 0.3) is 0 Å². The summed E-state index contributed by atoms with van der Waals surface area (Å²) in [6.07, 6.45) is 2.16. The summed E-state index contributed by atoms with van der Waals surface area (Å²) in [6.45, 7) is 12.6. The number of carboxylic acids is 1. The highest BCUT2D eigenvalue weighted by Crippen LogP contribution is 2.37. The number of carbonyl (C=O) groups excluding carboxylic acids is 3. The molecule has 0 aliphatic rings. The first kappa shape index (κ1) is 33.9. The summed E-state index contributed by atoms with van der Waals surface area (Å²) >= 11 is 0. The average Bonchev–Trinajstić information content (AvgIpc) is 2.87. The number of hydrogen-bond donors (Lipinski definition) is 2. The van der Waals surface area contributed by atoms with Crippen LogP contribution in [0.5, 0.6) is 11.5 Å². The number of rotatable bonds is 16. The van der Waals surface area contributed by atoms with Gasteiger partial charge in [0.2, 0.25) is 0 Å². The van der Waals surface area contributed by atoms with Crippen LogP contribution in [0.4, 0.5) is 4.79 Å². The number of carboxylic acid groups (broad SMARTS) is 1. The van der Waals surface area contributed by atoms with E-state index in [-0.39, 0.29) is 24.3 Å². The quantitative estimate of drug-likeness (QED) is 0.192. The summed E-state index contributed by atoms with van der Waals surface area (Å²) in [5.74, 6) is -3.65. The molecule has 0 spiro atoms.